The molecule has 5 heterocycles. The van der Waals surface area contributed by atoms with Crippen molar-refractivity contribution in [2.45, 2.75) is 180 Å². The van der Waals surface area contributed by atoms with Crippen LogP contribution < -0.4 is 30.9 Å². The van der Waals surface area contributed by atoms with Gasteiger partial charge in [-0.25, -0.2) is 23.4 Å². The molecule has 3 aliphatic heterocycles. The third-order valence-corrected chi connectivity index (χ3v) is 19.5. The molecular formula is C63H88N12O8S2. The fourth-order valence-corrected chi connectivity index (χ4v) is 13.5. The van der Waals surface area contributed by atoms with E-state index >= 15 is 0 Å². The molecule has 3 aromatic carbocycles. The summed E-state index contributed by atoms with van der Waals surface area (Å²) in [6.07, 6.45) is 8.63. The van der Waals surface area contributed by atoms with Crippen molar-refractivity contribution in [3.8, 4) is 16.2 Å². The normalized spacial score (nSPS) is 17.5. The van der Waals surface area contributed by atoms with E-state index in [0.29, 0.717) is 36.0 Å². The number of benzene rings is 3. The van der Waals surface area contributed by atoms with Crippen molar-refractivity contribution in [3.63, 3.8) is 0 Å². The number of nitrogens with one attached hydrogen (secondary N) is 4. The molecule has 0 spiro atoms. The van der Waals surface area contributed by atoms with Crippen molar-refractivity contribution in [1.82, 2.24) is 45.3 Å². The summed E-state index contributed by atoms with van der Waals surface area (Å²) in [5.74, 6) is 0.425. The van der Waals surface area contributed by atoms with Gasteiger partial charge in [-0.2, -0.15) is 4.98 Å². The van der Waals surface area contributed by atoms with Crippen LogP contribution in [0.15, 0.2) is 77.4 Å². The molecule has 460 valence electrons. The maximum absolute atomic E-state index is 14.1. The van der Waals surface area contributed by atoms with Crippen molar-refractivity contribution in [1.29, 1.82) is 0 Å². The van der Waals surface area contributed by atoms with E-state index in [1.165, 1.54) is 11.2 Å². The zero-order valence-corrected chi connectivity index (χ0v) is 52.7. The second kappa shape index (κ2) is 29.1. The van der Waals surface area contributed by atoms with Gasteiger partial charge in [0.05, 0.1) is 49.8 Å². The molecule has 4 amide bonds. The van der Waals surface area contributed by atoms with Crippen molar-refractivity contribution < 1.29 is 37.4 Å². The number of unbranched alkanes of at least 4 members (excludes halogenated alkanes) is 5. The lowest BCUT2D eigenvalue weighted by molar-refractivity contribution is -0.144. The molecule has 85 heavy (non-hydrogen) atoms. The lowest BCUT2D eigenvalue weighted by Gasteiger charge is -2.43. The number of amides is 4. The molecule has 22 heteroatoms. The zero-order chi connectivity index (χ0) is 61.0. The van der Waals surface area contributed by atoms with Crippen LogP contribution in [0.4, 0.5) is 29.0 Å². The van der Waals surface area contributed by atoms with Gasteiger partial charge < -0.3 is 45.8 Å². The largest absolute Gasteiger partial charge is 0.489 e. The lowest BCUT2D eigenvalue weighted by atomic mass is 9.85. The van der Waals surface area contributed by atoms with E-state index in [-0.39, 0.29) is 72.5 Å². The highest BCUT2D eigenvalue weighted by atomic mass is 32.2. The number of likely N-dealkylation sites (tertiary alicyclic amines) is 1. The molecular weight excluding hydrogens is 1120 g/mol. The van der Waals surface area contributed by atoms with E-state index in [1.807, 2.05) is 76.2 Å². The number of β-amino-alcohol motifs (C(OH)–C–C–N with tert-alkyl or cyclic N) is 1. The molecule has 8 rings (SSSR count). The Bertz CT molecular complexity index is 3190. The molecule has 3 aliphatic rings. The average molecular weight is 1210 g/mol. The van der Waals surface area contributed by atoms with E-state index in [0.717, 1.165) is 117 Å². The minimum Gasteiger partial charge on any atom is -0.489 e. The third kappa shape index (κ3) is 17.0. The number of sulfone groups is 1. The lowest BCUT2D eigenvalue weighted by Crippen LogP contribution is -2.57. The number of thiazole rings is 1. The number of piperidine rings is 1. The number of aryl methyl sites for hydroxylation is 2. The number of rotatable bonds is 25. The fraction of sp³-hybridized carbons (Fsp3) is 0.556. The second-order valence-corrected chi connectivity index (χ2v) is 27.8. The number of carbonyl (C=O) groups is 4. The number of nitrogens with zero attached hydrogens (tertiary/aromatic N) is 8. The summed E-state index contributed by atoms with van der Waals surface area (Å²) in [4.78, 5) is 81.5. The molecule has 3 fully saturated rings. The van der Waals surface area contributed by atoms with E-state index < -0.39 is 38.7 Å². The van der Waals surface area contributed by atoms with Crippen LogP contribution >= 0.6 is 11.3 Å². The van der Waals surface area contributed by atoms with E-state index in [2.05, 4.69) is 70.1 Å². The maximum atomic E-state index is 14.1. The first-order valence-corrected chi connectivity index (χ1v) is 32.7. The Morgan fingerprint density at radius 2 is 1.45 bits per heavy atom. The molecule has 0 bridgehead atoms. The molecule has 5 aromatic rings. The van der Waals surface area contributed by atoms with Crippen molar-refractivity contribution >= 4 is 73.8 Å². The predicted octanol–water partition coefficient (Wildman–Crippen LogP) is 9.11. The maximum Gasteiger partial charge on any atom is 0.246 e. The molecule has 3 saturated heterocycles. The molecule has 5 N–H and O–H groups in total. The van der Waals surface area contributed by atoms with Gasteiger partial charge in [0.2, 0.25) is 35.5 Å². The summed E-state index contributed by atoms with van der Waals surface area (Å²) in [5, 5.41) is 22.4. The van der Waals surface area contributed by atoms with E-state index in [9.17, 15) is 32.7 Å². The predicted molar refractivity (Wildman–Crippen MR) is 334 cm³/mol. The number of aromatic nitrogens is 4. The van der Waals surface area contributed by atoms with Crippen LogP contribution in [0.3, 0.4) is 0 Å². The SMILES string of the molecule is Cc1cc(Nc2ncnc(Nc3ccccc3S(=O)(=O)C(C)C)n2)c(OC(C)C)cc1N1CCC(N2CCN(C(=O)CCCCCCCCC(=O)N[C@H](C(=O)N3C[C@H](O)C[C@H]3C(=O)NCc3ccc(-c4scnc4C)cc3)C(C)(C)C)CC2)CC1. The minimum absolute atomic E-state index is 0.0201. The smallest absolute Gasteiger partial charge is 0.246 e. The molecule has 2 aromatic heterocycles. The number of anilines is 5. The first-order valence-electron chi connectivity index (χ1n) is 30.2. The fourth-order valence-electron chi connectivity index (χ4n) is 11.4. The van der Waals surface area contributed by atoms with Crippen LogP contribution in [-0.4, -0.2) is 153 Å². The summed E-state index contributed by atoms with van der Waals surface area (Å²) >= 11 is 1.58. The van der Waals surface area contributed by atoms with Gasteiger partial charge in [-0.15, -0.1) is 11.3 Å². The van der Waals surface area contributed by atoms with Crippen molar-refractivity contribution in [2.75, 3.05) is 61.3 Å². The quantitative estimate of drug-likeness (QED) is 0.0342. The first kappa shape index (κ1) is 64.3. The highest BCUT2D eigenvalue weighted by molar-refractivity contribution is 7.92. The number of hydrogen-bond donors (Lipinski definition) is 5. The van der Waals surface area contributed by atoms with Crippen LogP contribution in [0.5, 0.6) is 5.75 Å². The van der Waals surface area contributed by atoms with Crippen LogP contribution in [0.25, 0.3) is 10.4 Å². The Hall–Kier alpha value is -6.75. The monoisotopic (exact) mass is 1200 g/mol. The van der Waals surface area contributed by atoms with Gasteiger partial charge in [0.15, 0.2) is 9.84 Å². The Balaban J connectivity index is 0.714. The van der Waals surface area contributed by atoms with Gasteiger partial charge in [0, 0.05) is 89.4 Å². The summed E-state index contributed by atoms with van der Waals surface area (Å²) < 4.78 is 32.5. The zero-order valence-electron chi connectivity index (χ0n) is 51.0. The molecule has 0 radical (unpaired) electrons. The van der Waals surface area contributed by atoms with Gasteiger partial charge in [-0.1, -0.05) is 82.9 Å². The average Bonchev–Trinajstić information content (AvgIpc) is 3.46. The molecule has 20 nitrogen and oxygen atoms in total. The number of hydrogen-bond acceptors (Lipinski definition) is 17. The molecule has 3 atom stereocenters. The van der Waals surface area contributed by atoms with Gasteiger partial charge in [0.1, 0.15) is 24.2 Å². The summed E-state index contributed by atoms with van der Waals surface area (Å²) in [6, 6.07) is 17.5. The Labute approximate surface area is 506 Å². The topological polar surface area (TPSA) is 245 Å². The van der Waals surface area contributed by atoms with E-state index in [4.69, 9.17) is 4.74 Å². The summed E-state index contributed by atoms with van der Waals surface area (Å²) in [5.41, 5.74) is 7.39. The minimum atomic E-state index is -3.56. The van der Waals surface area contributed by atoms with Gasteiger partial charge in [-0.3, -0.25) is 24.1 Å². The number of carbonyl (C=O) groups excluding carboxylic acids is 4. The number of ether oxygens (including phenoxy) is 1. The Kier molecular flexibility index (Phi) is 22.0. The van der Waals surface area contributed by atoms with Crippen LogP contribution in [0, 0.1) is 19.3 Å². The first-order chi connectivity index (χ1) is 40.5. The van der Waals surface area contributed by atoms with Crippen LogP contribution in [0.1, 0.15) is 136 Å². The molecule has 0 unspecified atom stereocenters. The van der Waals surface area contributed by atoms with Crippen LogP contribution in [-0.2, 0) is 35.6 Å². The number of piperazine rings is 1. The number of aliphatic hydroxyl groups is 1. The third-order valence-electron chi connectivity index (χ3n) is 16.3. The summed E-state index contributed by atoms with van der Waals surface area (Å²) in [7, 11) is -3.56. The highest BCUT2D eigenvalue weighted by Crippen LogP contribution is 2.38. The number of aliphatic hydroxyl groups excluding tert-OH is 1. The molecule has 0 saturated carbocycles. The number of para-hydroxylation sites is 1. The van der Waals surface area contributed by atoms with Gasteiger partial charge >= 0.3 is 0 Å². The highest BCUT2D eigenvalue weighted by Gasteiger charge is 2.44. The second-order valence-electron chi connectivity index (χ2n) is 24.5. The van der Waals surface area contributed by atoms with Crippen LogP contribution in [0.2, 0.25) is 0 Å². The summed E-state index contributed by atoms with van der Waals surface area (Å²) in [6.45, 7) is 22.3. The van der Waals surface area contributed by atoms with Crippen molar-refractivity contribution in [3.05, 3.63) is 89.3 Å². The van der Waals surface area contributed by atoms with Gasteiger partial charge in [-0.05, 0) is 108 Å². The van der Waals surface area contributed by atoms with Gasteiger partial charge in [0.25, 0.3) is 0 Å². The van der Waals surface area contributed by atoms with E-state index in [1.54, 1.807) is 49.4 Å². The Morgan fingerprint density at radius 1 is 0.800 bits per heavy atom. The standard InChI is InChI=1S/C63H88N12O8S2/c1-41(2)83-53-36-51(43(5)34-50(53)69-62-66-39-65-61(71-62)68-49-18-16-17-19-54(49)85(81,82)42(3)4)73-28-26-47(27-29-73)72-30-32-74(33-31-72)56(78)21-15-13-11-10-12-14-20-55(77)70-58(63(7,8)9)60(80)75-38-48(76)35-52(75)59(79)64-37-45-22-24-46(25-23-45)57-44(6)67-40-84-57/h16-19,22-25,34,36,39-42,47-48,52,58,76H,10-15,20-21,26-33,35,37-38H2,1-9H3,(H,64,79)(H,70,77)(H2,65,66,68,69,71)/t48-,52+,58-/m1/s1. The molecule has 0 aliphatic carbocycles. The Morgan fingerprint density at radius 3 is 2.08 bits per heavy atom. The van der Waals surface area contributed by atoms with Crippen molar-refractivity contribution in [2.24, 2.45) is 5.41 Å².